The minimum absolute atomic E-state index is 0.0251. The Morgan fingerprint density at radius 2 is 1.57 bits per heavy atom. The van der Waals surface area contributed by atoms with Gasteiger partial charge in [-0.2, -0.15) is 0 Å². The van der Waals surface area contributed by atoms with Gasteiger partial charge in [0.05, 0.1) is 12.5 Å². The summed E-state index contributed by atoms with van der Waals surface area (Å²) in [5.41, 5.74) is 13.3. The van der Waals surface area contributed by atoms with Gasteiger partial charge in [0.25, 0.3) is 0 Å². The molecule has 0 aliphatic heterocycles. The molecule has 0 fully saturated rings. The van der Waals surface area contributed by atoms with Crippen LogP contribution in [0.3, 0.4) is 0 Å². The molecule has 0 aliphatic carbocycles. The van der Waals surface area contributed by atoms with E-state index >= 15 is 0 Å². The van der Waals surface area contributed by atoms with Gasteiger partial charge in [0.2, 0.25) is 17.7 Å². The number of aromatic nitrogens is 1. The first kappa shape index (κ1) is 25.2. The van der Waals surface area contributed by atoms with Gasteiger partial charge < -0.3 is 37.3 Å². The van der Waals surface area contributed by atoms with Crippen molar-refractivity contribution in [2.75, 3.05) is 0 Å². The molecule has 1 heterocycles. The van der Waals surface area contributed by atoms with Gasteiger partial charge in [0.15, 0.2) is 0 Å². The summed E-state index contributed by atoms with van der Waals surface area (Å²) in [6.07, 6.45) is 1.21. The molecule has 3 amide bonds. The molecule has 0 radical (unpaired) electrons. The fraction of sp³-hybridized carbons (Fsp3) is 0.250. The lowest BCUT2D eigenvalue weighted by Crippen LogP contribution is -2.56. The van der Waals surface area contributed by atoms with Gasteiger partial charge in [-0.1, -0.05) is 30.3 Å². The number of rotatable bonds is 11. The molecule has 0 unspecified atom stereocenters. The number of carboxylic acid groups (broad SMARTS) is 1. The third-order valence-corrected chi connectivity index (χ3v) is 5.48. The number of aromatic hydroxyl groups is 1. The molecule has 2 aromatic carbocycles. The van der Waals surface area contributed by atoms with E-state index in [1.165, 1.54) is 12.1 Å². The fourth-order valence-electron chi connectivity index (χ4n) is 3.66. The number of primary amides is 1. The van der Waals surface area contributed by atoms with Crippen molar-refractivity contribution in [3.05, 3.63) is 65.9 Å². The summed E-state index contributed by atoms with van der Waals surface area (Å²) in [7, 11) is 0. The number of phenolic OH excluding ortho intramolecular Hbond substituents is 1. The molecule has 0 saturated heterocycles. The van der Waals surface area contributed by atoms with Crippen LogP contribution in [-0.4, -0.2) is 57.0 Å². The first-order valence-electron chi connectivity index (χ1n) is 10.8. The van der Waals surface area contributed by atoms with Crippen molar-refractivity contribution in [2.24, 2.45) is 11.5 Å². The highest BCUT2D eigenvalue weighted by Gasteiger charge is 2.29. The molecule has 11 nitrogen and oxygen atoms in total. The van der Waals surface area contributed by atoms with E-state index in [1.807, 2.05) is 24.3 Å². The molecule has 0 spiro atoms. The van der Waals surface area contributed by atoms with Crippen molar-refractivity contribution >= 4 is 34.6 Å². The number of nitrogens with two attached hydrogens (primary N) is 2. The molecule has 11 heteroatoms. The van der Waals surface area contributed by atoms with E-state index in [-0.39, 0.29) is 18.6 Å². The second kappa shape index (κ2) is 11.2. The third kappa shape index (κ3) is 6.81. The molecule has 3 aromatic rings. The largest absolute Gasteiger partial charge is 0.508 e. The number of carbonyl (C=O) groups excluding carboxylic acids is 3. The van der Waals surface area contributed by atoms with Crippen LogP contribution < -0.4 is 22.1 Å². The topological polar surface area (TPSA) is 201 Å². The molecule has 9 N–H and O–H groups in total. The summed E-state index contributed by atoms with van der Waals surface area (Å²) in [6.45, 7) is 0. The monoisotopic (exact) mass is 481 g/mol. The number of aliphatic carboxylic acids is 1. The van der Waals surface area contributed by atoms with Crippen LogP contribution in [0, 0.1) is 0 Å². The van der Waals surface area contributed by atoms with Crippen LogP contribution >= 0.6 is 0 Å². The van der Waals surface area contributed by atoms with Crippen LogP contribution in [0.5, 0.6) is 5.75 Å². The minimum atomic E-state index is -1.41. The normalized spacial score (nSPS) is 13.5. The number of benzene rings is 2. The molecule has 0 aliphatic rings. The van der Waals surface area contributed by atoms with Crippen LogP contribution in [0.25, 0.3) is 10.9 Å². The van der Waals surface area contributed by atoms with E-state index in [0.717, 1.165) is 10.9 Å². The number of hydrogen-bond acceptors (Lipinski definition) is 6. The number of aromatic amines is 1. The van der Waals surface area contributed by atoms with Crippen molar-refractivity contribution in [2.45, 2.75) is 37.4 Å². The summed E-state index contributed by atoms with van der Waals surface area (Å²) in [5.74, 6) is -3.67. The van der Waals surface area contributed by atoms with Crippen molar-refractivity contribution in [3.8, 4) is 5.75 Å². The summed E-state index contributed by atoms with van der Waals surface area (Å²) in [6, 6.07) is 9.61. The zero-order valence-electron chi connectivity index (χ0n) is 18.7. The van der Waals surface area contributed by atoms with Gasteiger partial charge in [-0.05, 0) is 35.7 Å². The van der Waals surface area contributed by atoms with Crippen LogP contribution in [0.15, 0.2) is 54.7 Å². The van der Waals surface area contributed by atoms with Crippen LogP contribution in [-0.2, 0) is 32.0 Å². The molecule has 184 valence electrons. The van der Waals surface area contributed by atoms with Gasteiger partial charge in [-0.25, -0.2) is 4.79 Å². The highest BCUT2D eigenvalue weighted by molar-refractivity contribution is 5.95. The second-order valence-electron chi connectivity index (χ2n) is 8.17. The Labute approximate surface area is 200 Å². The maximum Gasteiger partial charge on any atom is 0.326 e. The lowest BCUT2D eigenvalue weighted by Gasteiger charge is -2.22. The predicted molar refractivity (Wildman–Crippen MR) is 127 cm³/mol. The van der Waals surface area contributed by atoms with Gasteiger partial charge in [0, 0.05) is 23.5 Å². The standard InChI is InChI=1S/C24H27N5O6/c25-17(9-13-5-7-15(30)8-6-13)22(32)28-19(11-21(26)31)23(33)29-20(24(34)35)10-14-12-27-18-4-2-1-3-16(14)18/h1-8,12,17,19-20,27,30H,9-11,25H2,(H2,26,31)(H,28,32)(H,29,33)(H,34,35)/t17-,19-,20-/m0/s1. The maximum absolute atomic E-state index is 12.9. The summed E-state index contributed by atoms with van der Waals surface area (Å²) >= 11 is 0. The number of H-pyrrole nitrogens is 1. The third-order valence-electron chi connectivity index (χ3n) is 5.48. The summed E-state index contributed by atoms with van der Waals surface area (Å²) in [5, 5.41) is 24.6. The smallest absolute Gasteiger partial charge is 0.326 e. The number of amides is 3. The van der Waals surface area contributed by atoms with Crippen LogP contribution in [0.4, 0.5) is 0 Å². The summed E-state index contributed by atoms with van der Waals surface area (Å²) in [4.78, 5) is 51.9. The maximum atomic E-state index is 12.9. The highest BCUT2D eigenvalue weighted by atomic mass is 16.4. The second-order valence-corrected chi connectivity index (χ2v) is 8.17. The molecule has 1 aromatic heterocycles. The molecule has 35 heavy (non-hydrogen) atoms. The first-order chi connectivity index (χ1) is 16.6. The molecular formula is C24H27N5O6. The van der Waals surface area contributed by atoms with E-state index in [0.29, 0.717) is 11.1 Å². The van der Waals surface area contributed by atoms with Crippen molar-refractivity contribution in [1.29, 1.82) is 0 Å². The van der Waals surface area contributed by atoms with Gasteiger partial charge in [-0.3, -0.25) is 14.4 Å². The zero-order valence-corrected chi connectivity index (χ0v) is 18.7. The Morgan fingerprint density at radius 1 is 0.914 bits per heavy atom. The van der Waals surface area contributed by atoms with Crippen molar-refractivity contribution in [3.63, 3.8) is 0 Å². The Hall–Kier alpha value is -4.38. The number of para-hydroxylation sites is 1. The van der Waals surface area contributed by atoms with Gasteiger partial charge in [0.1, 0.15) is 17.8 Å². The molecule has 3 rings (SSSR count). The van der Waals surface area contributed by atoms with E-state index < -0.39 is 48.2 Å². The molecule has 0 saturated carbocycles. The fourth-order valence-corrected chi connectivity index (χ4v) is 3.66. The lowest BCUT2D eigenvalue weighted by atomic mass is 10.0. The lowest BCUT2D eigenvalue weighted by molar-refractivity contribution is -0.142. The molecule has 0 bridgehead atoms. The highest BCUT2D eigenvalue weighted by Crippen LogP contribution is 2.19. The Bertz CT molecular complexity index is 1220. The number of carboxylic acids is 1. The SMILES string of the molecule is NC(=O)C[C@H](NC(=O)[C@@H](N)Cc1ccc(O)cc1)C(=O)N[C@@H](Cc1c[nH]c2ccccc12)C(=O)O. The average molecular weight is 482 g/mol. The minimum Gasteiger partial charge on any atom is -0.508 e. The molecule has 3 atom stereocenters. The average Bonchev–Trinajstić information content (AvgIpc) is 3.22. The summed E-state index contributed by atoms with van der Waals surface area (Å²) < 4.78 is 0. The molecular weight excluding hydrogens is 454 g/mol. The number of hydrogen-bond donors (Lipinski definition) is 7. The Morgan fingerprint density at radius 3 is 2.23 bits per heavy atom. The van der Waals surface area contributed by atoms with E-state index in [2.05, 4.69) is 15.6 Å². The van der Waals surface area contributed by atoms with E-state index in [9.17, 15) is 29.4 Å². The van der Waals surface area contributed by atoms with Crippen LogP contribution in [0.1, 0.15) is 17.5 Å². The number of phenols is 1. The van der Waals surface area contributed by atoms with E-state index in [1.54, 1.807) is 18.3 Å². The van der Waals surface area contributed by atoms with Crippen molar-refractivity contribution in [1.82, 2.24) is 15.6 Å². The van der Waals surface area contributed by atoms with Gasteiger partial charge >= 0.3 is 5.97 Å². The Balaban J connectivity index is 1.68. The number of carbonyl (C=O) groups is 4. The quantitative estimate of drug-likeness (QED) is 0.198. The number of nitrogens with one attached hydrogen (secondary N) is 3. The Kier molecular flexibility index (Phi) is 8.05. The predicted octanol–water partition coefficient (Wildman–Crippen LogP) is -0.0844. The first-order valence-corrected chi connectivity index (χ1v) is 10.8. The number of fused-ring (bicyclic) bond motifs is 1. The van der Waals surface area contributed by atoms with Crippen molar-refractivity contribution < 1.29 is 29.4 Å². The van der Waals surface area contributed by atoms with Gasteiger partial charge in [-0.15, -0.1) is 0 Å². The zero-order chi connectivity index (χ0) is 25.5. The van der Waals surface area contributed by atoms with Crippen LogP contribution in [0.2, 0.25) is 0 Å². The van der Waals surface area contributed by atoms with E-state index in [4.69, 9.17) is 11.5 Å².